The molecule has 0 aromatic heterocycles. The maximum atomic E-state index is 11.3. The van der Waals surface area contributed by atoms with Gasteiger partial charge in [-0.1, -0.05) is 50.1 Å². The average Bonchev–Trinajstić information content (AvgIpc) is 2.69. The number of rotatable bonds is 9. The fraction of sp³-hybridized carbons (Fsp3) is 0.318. The minimum atomic E-state index is -0.378. The van der Waals surface area contributed by atoms with Gasteiger partial charge in [0, 0.05) is 11.6 Å². The SMILES string of the molecule is CCCCCOc1c(OC)cccc1-c1cccc(C=CC(=O)OC)c1. The van der Waals surface area contributed by atoms with Gasteiger partial charge < -0.3 is 14.2 Å². The van der Waals surface area contributed by atoms with E-state index in [1.54, 1.807) is 13.2 Å². The van der Waals surface area contributed by atoms with Crippen LogP contribution in [0.2, 0.25) is 0 Å². The maximum Gasteiger partial charge on any atom is 0.330 e. The molecule has 138 valence electrons. The zero-order valence-electron chi connectivity index (χ0n) is 15.7. The number of methoxy groups -OCH3 is 2. The van der Waals surface area contributed by atoms with Gasteiger partial charge in [0.1, 0.15) is 0 Å². The monoisotopic (exact) mass is 354 g/mol. The van der Waals surface area contributed by atoms with Crippen LogP contribution in [0.1, 0.15) is 31.7 Å². The van der Waals surface area contributed by atoms with Crippen molar-refractivity contribution in [3.05, 3.63) is 54.1 Å². The van der Waals surface area contributed by atoms with Gasteiger partial charge in [0.25, 0.3) is 0 Å². The Balaban J connectivity index is 2.32. The van der Waals surface area contributed by atoms with Gasteiger partial charge in [-0.05, 0) is 35.8 Å². The van der Waals surface area contributed by atoms with E-state index in [0.29, 0.717) is 6.61 Å². The Morgan fingerprint density at radius 3 is 2.62 bits per heavy atom. The standard InChI is InChI=1S/C22H26O4/c1-4-5-6-15-26-22-19(11-8-12-20(22)24-2)18-10-7-9-17(16-18)13-14-21(23)25-3/h7-14,16H,4-6,15H2,1-3H3. The van der Waals surface area contributed by atoms with E-state index in [9.17, 15) is 4.79 Å². The highest BCUT2D eigenvalue weighted by atomic mass is 16.5. The molecule has 0 unspecified atom stereocenters. The van der Waals surface area contributed by atoms with E-state index in [2.05, 4.69) is 11.7 Å². The van der Waals surface area contributed by atoms with Crippen molar-refractivity contribution in [2.75, 3.05) is 20.8 Å². The number of carbonyl (C=O) groups excluding carboxylic acids is 1. The zero-order chi connectivity index (χ0) is 18.8. The van der Waals surface area contributed by atoms with Crippen LogP contribution in [-0.2, 0) is 9.53 Å². The van der Waals surface area contributed by atoms with E-state index in [1.165, 1.54) is 13.2 Å². The van der Waals surface area contributed by atoms with Gasteiger partial charge in [-0.3, -0.25) is 0 Å². The summed E-state index contributed by atoms with van der Waals surface area (Å²) in [5, 5.41) is 0. The van der Waals surface area contributed by atoms with Crippen molar-refractivity contribution >= 4 is 12.0 Å². The minimum Gasteiger partial charge on any atom is -0.493 e. The second kappa shape index (κ2) is 10.3. The second-order valence-corrected chi connectivity index (χ2v) is 5.87. The van der Waals surface area contributed by atoms with Gasteiger partial charge in [0.05, 0.1) is 20.8 Å². The highest BCUT2D eigenvalue weighted by Gasteiger charge is 2.12. The number of esters is 1. The van der Waals surface area contributed by atoms with E-state index < -0.39 is 0 Å². The van der Waals surface area contributed by atoms with Crippen molar-refractivity contribution in [1.29, 1.82) is 0 Å². The largest absolute Gasteiger partial charge is 0.493 e. The van der Waals surface area contributed by atoms with Crippen molar-refractivity contribution in [2.24, 2.45) is 0 Å². The van der Waals surface area contributed by atoms with Crippen molar-refractivity contribution in [3.63, 3.8) is 0 Å². The second-order valence-electron chi connectivity index (χ2n) is 5.87. The number of unbranched alkanes of at least 4 members (excludes halogenated alkanes) is 2. The molecule has 0 bridgehead atoms. The summed E-state index contributed by atoms with van der Waals surface area (Å²) in [5.41, 5.74) is 2.88. The first kappa shape index (κ1) is 19.6. The third kappa shape index (κ3) is 5.38. The molecule has 4 nitrogen and oxygen atoms in total. The minimum absolute atomic E-state index is 0.378. The summed E-state index contributed by atoms with van der Waals surface area (Å²) in [6.07, 6.45) is 6.44. The van der Waals surface area contributed by atoms with Crippen LogP contribution < -0.4 is 9.47 Å². The topological polar surface area (TPSA) is 44.8 Å². The number of hydrogen-bond donors (Lipinski definition) is 0. The molecule has 0 aliphatic heterocycles. The Hall–Kier alpha value is -2.75. The molecule has 0 N–H and O–H groups in total. The van der Waals surface area contributed by atoms with E-state index in [4.69, 9.17) is 9.47 Å². The van der Waals surface area contributed by atoms with Gasteiger partial charge in [-0.25, -0.2) is 4.79 Å². The molecule has 0 saturated carbocycles. The van der Waals surface area contributed by atoms with Crippen molar-refractivity contribution in [2.45, 2.75) is 26.2 Å². The van der Waals surface area contributed by atoms with Crippen LogP contribution in [0.5, 0.6) is 11.5 Å². The first-order valence-corrected chi connectivity index (χ1v) is 8.85. The molecule has 2 aromatic rings. The third-order valence-corrected chi connectivity index (χ3v) is 4.00. The molecular weight excluding hydrogens is 328 g/mol. The van der Waals surface area contributed by atoms with Crippen LogP contribution in [0.25, 0.3) is 17.2 Å². The Labute approximate surface area is 155 Å². The molecule has 0 spiro atoms. The summed E-state index contributed by atoms with van der Waals surface area (Å²) >= 11 is 0. The molecule has 26 heavy (non-hydrogen) atoms. The Kier molecular flexibility index (Phi) is 7.75. The van der Waals surface area contributed by atoms with Gasteiger partial charge in [0.2, 0.25) is 0 Å². The summed E-state index contributed by atoms with van der Waals surface area (Å²) in [5.74, 6) is 1.09. The molecule has 0 amide bonds. The molecule has 0 aliphatic rings. The predicted molar refractivity (Wildman–Crippen MR) is 105 cm³/mol. The smallest absolute Gasteiger partial charge is 0.330 e. The van der Waals surface area contributed by atoms with Gasteiger partial charge >= 0.3 is 5.97 Å². The first-order chi connectivity index (χ1) is 12.7. The lowest BCUT2D eigenvalue weighted by atomic mass is 10.0. The Bertz CT molecular complexity index is 750. The fourth-order valence-electron chi connectivity index (χ4n) is 2.62. The average molecular weight is 354 g/mol. The van der Waals surface area contributed by atoms with E-state index in [1.807, 2.05) is 42.5 Å². The zero-order valence-corrected chi connectivity index (χ0v) is 15.7. The molecule has 0 heterocycles. The molecule has 0 aliphatic carbocycles. The van der Waals surface area contributed by atoms with Gasteiger partial charge in [-0.15, -0.1) is 0 Å². The lowest BCUT2D eigenvalue weighted by molar-refractivity contribution is -0.134. The van der Waals surface area contributed by atoms with Crippen LogP contribution in [0, 0.1) is 0 Å². The molecule has 4 heteroatoms. The Morgan fingerprint density at radius 1 is 1.08 bits per heavy atom. The van der Waals surface area contributed by atoms with Crippen LogP contribution in [0.3, 0.4) is 0 Å². The molecular formula is C22H26O4. The lowest BCUT2D eigenvalue weighted by Crippen LogP contribution is -2.01. The quantitative estimate of drug-likeness (QED) is 0.356. The molecule has 2 aromatic carbocycles. The normalized spacial score (nSPS) is 10.7. The predicted octanol–water partition coefficient (Wildman–Crippen LogP) is 5.12. The summed E-state index contributed by atoms with van der Waals surface area (Å²) in [6.45, 7) is 2.82. The first-order valence-electron chi connectivity index (χ1n) is 8.85. The van der Waals surface area contributed by atoms with E-state index >= 15 is 0 Å². The van der Waals surface area contributed by atoms with Crippen molar-refractivity contribution < 1.29 is 19.0 Å². The number of benzene rings is 2. The molecule has 0 fully saturated rings. The highest BCUT2D eigenvalue weighted by molar-refractivity contribution is 5.87. The number of carbonyl (C=O) groups is 1. The molecule has 0 saturated heterocycles. The maximum absolute atomic E-state index is 11.3. The third-order valence-electron chi connectivity index (χ3n) is 4.00. The fourth-order valence-corrected chi connectivity index (χ4v) is 2.62. The molecule has 2 rings (SSSR count). The Morgan fingerprint density at radius 2 is 1.88 bits per heavy atom. The summed E-state index contributed by atoms with van der Waals surface area (Å²) in [6, 6.07) is 13.8. The van der Waals surface area contributed by atoms with Crippen molar-refractivity contribution in [3.8, 4) is 22.6 Å². The molecule has 0 atom stereocenters. The van der Waals surface area contributed by atoms with Gasteiger partial charge in [-0.2, -0.15) is 0 Å². The van der Waals surface area contributed by atoms with Crippen LogP contribution >= 0.6 is 0 Å². The van der Waals surface area contributed by atoms with Crippen LogP contribution in [-0.4, -0.2) is 26.8 Å². The molecule has 0 radical (unpaired) electrons. The lowest BCUT2D eigenvalue weighted by Gasteiger charge is -2.15. The number of ether oxygens (including phenoxy) is 3. The highest BCUT2D eigenvalue weighted by Crippen LogP contribution is 2.38. The van der Waals surface area contributed by atoms with Crippen molar-refractivity contribution in [1.82, 2.24) is 0 Å². The van der Waals surface area contributed by atoms with Crippen LogP contribution in [0.15, 0.2) is 48.5 Å². The number of para-hydroxylation sites is 1. The van der Waals surface area contributed by atoms with Crippen LogP contribution in [0.4, 0.5) is 0 Å². The summed E-state index contributed by atoms with van der Waals surface area (Å²) in [4.78, 5) is 11.3. The van der Waals surface area contributed by atoms with E-state index in [0.717, 1.165) is 47.5 Å². The van der Waals surface area contributed by atoms with E-state index in [-0.39, 0.29) is 5.97 Å². The summed E-state index contributed by atoms with van der Waals surface area (Å²) in [7, 11) is 3.01. The summed E-state index contributed by atoms with van der Waals surface area (Å²) < 4.78 is 16.2. The van der Waals surface area contributed by atoms with Gasteiger partial charge in [0.15, 0.2) is 11.5 Å². The number of hydrogen-bond acceptors (Lipinski definition) is 4.